The molecule has 0 radical (unpaired) electrons. The first kappa shape index (κ1) is 13.9. The van der Waals surface area contributed by atoms with E-state index >= 15 is 0 Å². The van der Waals surface area contributed by atoms with Gasteiger partial charge in [0.15, 0.2) is 0 Å². The fraction of sp³-hybridized carbons (Fsp3) is 0.800. The Kier molecular flexibility index (Phi) is 6.70. The molecule has 0 aliphatic carbocycles. The minimum Gasteiger partial charge on any atom is -0.480 e. The second-order valence-corrected chi connectivity index (χ2v) is 3.62. The molecule has 0 bridgehead atoms. The molecule has 0 aliphatic heterocycles. The van der Waals surface area contributed by atoms with Crippen LogP contribution in [0.1, 0.15) is 39.5 Å². The molecule has 0 fully saturated rings. The Balaban J connectivity index is 4.05. The van der Waals surface area contributed by atoms with Crippen molar-refractivity contribution in [3.05, 3.63) is 0 Å². The van der Waals surface area contributed by atoms with Crippen LogP contribution < -0.4 is 11.1 Å². The van der Waals surface area contributed by atoms with Crippen LogP contribution in [0.15, 0.2) is 0 Å². The lowest BCUT2D eigenvalue weighted by molar-refractivity contribution is -0.142. The van der Waals surface area contributed by atoms with Crippen molar-refractivity contribution in [3.63, 3.8) is 0 Å². The lowest BCUT2D eigenvalue weighted by atomic mass is 10.1. The highest BCUT2D eigenvalue weighted by Crippen LogP contribution is 1.99. The van der Waals surface area contributed by atoms with Gasteiger partial charge in [-0.2, -0.15) is 0 Å². The second kappa shape index (κ2) is 7.23. The Morgan fingerprint density at radius 3 is 2.40 bits per heavy atom. The summed E-state index contributed by atoms with van der Waals surface area (Å²) in [7, 11) is 0. The van der Waals surface area contributed by atoms with E-state index in [4.69, 9.17) is 10.8 Å². The number of hydrogen-bond acceptors (Lipinski definition) is 3. The van der Waals surface area contributed by atoms with E-state index in [1.807, 2.05) is 13.8 Å². The fourth-order valence-corrected chi connectivity index (χ4v) is 1.18. The molecule has 0 rings (SSSR count). The summed E-state index contributed by atoms with van der Waals surface area (Å²) in [5.41, 5.74) is 5.59. The summed E-state index contributed by atoms with van der Waals surface area (Å²) >= 11 is 0. The van der Waals surface area contributed by atoms with Crippen molar-refractivity contribution in [1.29, 1.82) is 0 Å². The van der Waals surface area contributed by atoms with Gasteiger partial charge in [0.1, 0.15) is 6.04 Å². The van der Waals surface area contributed by atoms with Crippen molar-refractivity contribution in [3.8, 4) is 0 Å². The van der Waals surface area contributed by atoms with Gasteiger partial charge in [-0.3, -0.25) is 4.79 Å². The van der Waals surface area contributed by atoms with Crippen LogP contribution >= 0.6 is 0 Å². The van der Waals surface area contributed by atoms with Gasteiger partial charge in [-0.1, -0.05) is 20.3 Å². The van der Waals surface area contributed by atoms with Crippen molar-refractivity contribution in [2.24, 2.45) is 5.73 Å². The minimum absolute atomic E-state index is 0.185. The van der Waals surface area contributed by atoms with E-state index < -0.39 is 12.0 Å². The van der Waals surface area contributed by atoms with E-state index in [0.717, 1.165) is 6.42 Å². The first-order valence-corrected chi connectivity index (χ1v) is 5.29. The Morgan fingerprint density at radius 2 is 2.00 bits per heavy atom. The molecule has 0 saturated carbocycles. The first-order chi connectivity index (χ1) is 7.01. The molecule has 0 aromatic heterocycles. The molecule has 0 aromatic rings. The van der Waals surface area contributed by atoms with Crippen molar-refractivity contribution in [2.75, 3.05) is 0 Å². The van der Waals surface area contributed by atoms with Crippen molar-refractivity contribution >= 4 is 11.9 Å². The third-order valence-corrected chi connectivity index (χ3v) is 2.18. The molecule has 0 heterocycles. The minimum atomic E-state index is -0.990. The average molecular weight is 216 g/mol. The van der Waals surface area contributed by atoms with Crippen LogP contribution in [-0.4, -0.2) is 29.1 Å². The van der Waals surface area contributed by atoms with Crippen LogP contribution in [0, 0.1) is 0 Å². The van der Waals surface area contributed by atoms with Crippen LogP contribution in [0.2, 0.25) is 0 Å². The maximum Gasteiger partial charge on any atom is 0.326 e. The topological polar surface area (TPSA) is 92.4 Å². The molecular weight excluding hydrogens is 196 g/mol. The number of carboxylic acids is 1. The number of aliphatic carboxylic acids is 1. The third-order valence-electron chi connectivity index (χ3n) is 2.18. The summed E-state index contributed by atoms with van der Waals surface area (Å²) in [5, 5.41) is 11.3. The quantitative estimate of drug-likeness (QED) is 0.577. The smallest absolute Gasteiger partial charge is 0.326 e. The first-order valence-electron chi connectivity index (χ1n) is 5.29. The Morgan fingerprint density at radius 1 is 1.40 bits per heavy atom. The number of carboxylic acid groups (broad SMARTS) is 1. The third kappa shape index (κ3) is 6.06. The van der Waals surface area contributed by atoms with Gasteiger partial charge in [0, 0.05) is 12.5 Å². The number of rotatable bonds is 7. The molecule has 88 valence electrons. The van der Waals surface area contributed by atoms with Gasteiger partial charge in [0.25, 0.3) is 0 Å². The molecule has 1 amide bonds. The average Bonchev–Trinajstić information content (AvgIpc) is 2.16. The molecule has 0 saturated heterocycles. The monoisotopic (exact) mass is 216 g/mol. The van der Waals surface area contributed by atoms with Crippen LogP contribution in [0.5, 0.6) is 0 Å². The van der Waals surface area contributed by atoms with Crippen LogP contribution in [-0.2, 0) is 9.59 Å². The van der Waals surface area contributed by atoms with Crippen molar-refractivity contribution < 1.29 is 14.7 Å². The van der Waals surface area contributed by atoms with Crippen LogP contribution in [0.3, 0.4) is 0 Å². The number of carbonyl (C=O) groups is 2. The van der Waals surface area contributed by atoms with Crippen molar-refractivity contribution in [1.82, 2.24) is 5.32 Å². The van der Waals surface area contributed by atoms with Gasteiger partial charge >= 0.3 is 5.97 Å². The van der Waals surface area contributed by atoms with Gasteiger partial charge in [0.2, 0.25) is 5.91 Å². The summed E-state index contributed by atoms with van der Waals surface area (Å²) in [6.07, 6.45) is 2.06. The van der Waals surface area contributed by atoms with E-state index in [1.165, 1.54) is 0 Å². The lowest BCUT2D eigenvalue weighted by Gasteiger charge is -2.15. The van der Waals surface area contributed by atoms with E-state index in [9.17, 15) is 9.59 Å². The molecule has 0 spiro atoms. The zero-order valence-electron chi connectivity index (χ0n) is 9.32. The molecule has 5 nitrogen and oxygen atoms in total. The Labute approximate surface area is 90.0 Å². The summed E-state index contributed by atoms with van der Waals surface area (Å²) in [6.45, 7) is 3.76. The number of hydrogen-bond donors (Lipinski definition) is 3. The van der Waals surface area contributed by atoms with Gasteiger partial charge in [0.05, 0.1) is 0 Å². The zero-order chi connectivity index (χ0) is 11.8. The second-order valence-electron chi connectivity index (χ2n) is 3.62. The van der Waals surface area contributed by atoms with Crippen LogP contribution in [0.25, 0.3) is 0 Å². The normalized spacial score (nSPS) is 14.3. The van der Waals surface area contributed by atoms with Gasteiger partial charge < -0.3 is 16.2 Å². The predicted molar refractivity (Wildman–Crippen MR) is 57.4 cm³/mol. The van der Waals surface area contributed by atoms with Crippen molar-refractivity contribution in [2.45, 2.75) is 51.6 Å². The molecule has 4 N–H and O–H groups in total. The van der Waals surface area contributed by atoms with E-state index in [-0.39, 0.29) is 18.4 Å². The summed E-state index contributed by atoms with van der Waals surface area (Å²) in [5.74, 6) is -1.28. The molecular formula is C10H20N2O3. The van der Waals surface area contributed by atoms with Gasteiger partial charge in [-0.05, 0) is 12.8 Å². The van der Waals surface area contributed by atoms with E-state index in [2.05, 4.69) is 5.32 Å². The summed E-state index contributed by atoms with van der Waals surface area (Å²) in [6, 6.07) is -0.979. The maximum absolute atomic E-state index is 11.3. The molecule has 0 aliphatic rings. The highest BCUT2D eigenvalue weighted by molar-refractivity contribution is 5.83. The number of nitrogens with one attached hydrogen (secondary N) is 1. The molecule has 0 aromatic carbocycles. The Bertz CT molecular complexity index is 219. The number of nitrogens with two attached hydrogens (primary N) is 1. The SMILES string of the molecule is CCC[C@@H](NC(=O)CC(N)CC)C(=O)O. The summed E-state index contributed by atoms with van der Waals surface area (Å²) < 4.78 is 0. The predicted octanol–water partition coefficient (Wildman–Crippen LogP) is 0.483. The van der Waals surface area contributed by atoms with Gasteiger partial charge in [-0.25, -0.2) is 4.79 Å². The molecule has 1 unspecified atom stereocenters. The summed E-state index contributed by atoms with van der Waals surface area (Å²) in [4.78, 5) is 22.1. The largest absolute Gasteiger partial charge is 0.480 e. The fourth-order valence-electron chi connectivity index (χ4n) is 1.18. The van der Waals surface area contributed by atoms with E-state index in [0.29, 0.717) is 12.8 Å². The van der Waals surface area contributed by atoms with Gasteiger partial charge in [-0.15, -0.1) is 0 Å². The standard InChI is InChI=1S/C10H20N2O3/c1-3-5-8(10(14)15)12-9(13)6-7(11)4-2/h7-8H,3-6,11H2,1-2H3,(H,12,13)(H,14,15)/t7?,8-/m1/s1. The zero-order valence-corrected chi connectivity index (χ0v) is 9.32. The Hall–Kier alpha value is -1.10. The highest BCUT2D eigenvalue weighted by atomic mass is 16.4. The molecule has 5 heteroatoms. The molecule has 2 atom stereocenters. The number of carbonyl (C=O) groups excluding carboxylic acids is 1. The highest BCUT2D eigenvalue weighted by Gasteiger charge is 2.19. The lowest BCUT2D eigenvalue weighted by Crippen LogP contribution is -2.42. The number of amides is 1. The van der Waals surface area contributed by atoms with Crippen LogP contribution in [0.4, 0.5) is 0 Å². The van der Waals surface area contributed by atoms with E-state index in [1.54, 1.807) is 0 Å². The molecule has 15 heavy (non-hydrogen) atoms. The maximum atomic E-state index is 11.3.